The topological polar surface area (TPSA) is 56.1 Å². The molecule has 5 nitrogen and oxygen atoms in total. The fourth-order valence-corrected chi connectivity index (χ4v) is 4.39. The predicted octanol–water partition coefficient (Wildman–Crippen LogP) is 7.33. The van der Waals surface area contributed by atoms with Crippen molar-refractivity contribution in [1.29, 1.82) is 5.26 Å². The molecule has 0 spiro atoms. The van der Waals surface area contributed by atoms with Gasteiger partial charge in [0, 0.05) is 55.3 Å². The molecule has 3 aromatic rings. The number of piperidine rings is 1. The van der Waals surface area contributed by atoms with E-state index in [-0.39, 0.29) is 11.6 Å². The van der Waals surface area contributed by atoms with Crippen molar-refractivity contribution >= 4 is 22.8 Å². The average molecular weight is 490 g/mol. The number of allylic oxidation sites excluding steroid dienone is 1. The first-order valence-electron chi connectivity index (χ1n) is 12.3. The lowest BCUT2D eigenvalue weighted by atomic mass is 9.98. The first-order valence-corrected chi connectivity index (χ1v) is 12.3. The molecule has 188 valence electrons. The highest BCUT2D eigenvalue weighted by molar-refractivity contribution is 5.78. The van der Waals surface area contributed by atoms with Crippen LogP contribution in [0.4, 0.5) is 26.0 Å². The zero-order valence-electron chi connectivity index (χ0n) is 21.4. The summed E-state index contributed by atoms with van der Waals surface area (Å²) < 4.78 is 27.6. The van der Waals surface area contributed by atoms with Crippen LogP contribution in [0.2, 0.25) is 0 Å². The monoisotopic (exact) mass is 489 g/mol. The zero-order chi connectivity index (χ0) is 26.3. The average Bonchev–Trinajstić information content (AvgIpc) is 2.90. The van der Waals surface area contributed by atoms with Crippen LogP contribution in [0.3, 0.4) is 0 Å². The third-order valence-corrected chi connectivity index (χ3v) is 6.20. The summed E-state index contributed by atoms with van der Waals surface area (Å²) in [6, 6.07) is 14.3. The second kappa shape index (κ2) is 11.8. The molecule has 0 saturated carbocycles. The number of nitrogens with zero attached hydrogens (tertiary/aromatic N) is 5. The van der Waals surface area contributed by atoms with Crippen LogP contribution in [-0.2, 0) is 5.92 Å². The van der Waals surface area contributed by atoms with Crippen molar-refractivity contribution in [2.45, 2.75) is 52.5 Å². The Labute approximate surface area is 212 Å². The maximum absolute atomic E-state index is 13.8. The van der Waals surface area contributed by atoms with E-state index in [9.17, 15) is 8.78 Å². The Hall–Kier alpha value is -3.79. The molecule has 1 aliphatic heterocycles. The molecule has 1 aromatic carbocycles. The van der Waals surface area contributed by atoms with Gasteiger partial charge in [-0.25, -0.2) is 13.8 Å². The summed E-state index contributed by atoms with van der Waals surface area (Å²) >= 11 is 0. The number of nitriles is 1. The van der Waals surface area contributed by atoms with Gasteiger partial charge in [-0.1, -0.05) is 32.6 Å². The maximum atomic E-state index is 13.8. The lowest BCUT2D eigenvalue weighted by molar-refractivity contribution is 0.0175. The number of hydrogen-bond donors (Lipinski definition) is 0. The number of alkyl halides is 2. The molecule has 0 amide bonds. The van der Waals surface area contributed by atoms with E-state index in [0.717, 1.165) is 61.2 Å². The zero-order valence-corrected chi connectivity index (χ0v) is 21.4. The van der Waals surface area contributed by atoms with Gasteiger partial charge in [-0.15, -0.1) is 0 Å². The summed E-state index contributed by atoms with van der Waals surface area (Å²) in [7, 11) is 0. The van der Waals surface area contributed by atoms with Crippen LogP contribution in [0.15, 0.2) is 67.6 Å². The quantitative estimate of drug-likeness (QED) is 0.363. The summed E-state index contributed by atoms with van der Waals surface area (Å²) in [5.74, 6) is -2.04. The van der Waals surface area contributed by atoms with Crippen LogP contribution in [-0.4, -0.2) is 29.1 Å². The number of anilines is 3. The van der Waals surface area contributed by atoms with Gasteiger partial charge in [-0.2, -0.15) is 5.26 Å². The molecule has 36 heavy (non-hydrogen) atoms. The molecule has 0 N–H and O–H groups in total. The van der Waals surface area contributed by atoms with E-state index >= 15 is 0 Å². The van der Waals surface area contributed by atoms with E-state index in [1.165, 1.54) is 12.1 Å². The van der Waals surface area contributed by atoms with Gasteiger partial charge >= 0.3 is 0 Å². The molecule has 1 fully saturated rings. The molecule has 0 atom stereocenters. The van der Waals surface area contributed by atoms with E-state index < -0.39 is 5.92 Å². The Balaban J connectivity index is 0.00000176. The van der Waals surface area contributed by atoms with Crippen LogP contribution in [0.5, 0.6) is 0 Å². The Bertz CT molecular complexity index is 1190. The minimum atomic E-state index is -2.89. The number of halogens is 2. The Kier molecular flexibility index (Phi) is 8.76. The predicted molar refractivity (Wildman–Crippen MR) is 143 cm³/mol. The number of hydrogen-bond acceptors (Lipinski definition) is 5. The van der Waals surface area contributed by atoms with E-state index in [2.05, 4.69) is 32.4 Å². The van der Waals surface area contributed by atoms with E-state index in [1.54, 1.807) is 30.6 Å². The van der Waals surface area contributed by atoms with Gasteiger partial charge in [0.15, 0.2) is 0 Å². The van der Waals surface area contributed by atoms with Gasteiger partial charge < -0.3 is 9.80 Å². The van der Waals surface area contributed by atoms with Gasteiger partial charge in [-0.05, 0) is 55.7 Å². The van der Waals surface area contributed by atoms with Crippen molar-refractivity contribution in [3.05, 3.63) is 84.3 Å². The fourth-order valence-electron chi connectivity index (χ4n) is 4.39. The van der Waals surface area contributed by atoms with Crippen molar-refractivity contribution in [2.24, 2.45) is 0 Å². The third kappa shape index (κ3) is 6.06. The van der Waals surface area contributed by atoms with Crippen LogP contribution in [0.1, 0.15) is 57.2 Å². The third-order valence-electron chi connectivity index (χ3n) is 6.20. The largest absolute Gasteiger partial charge is 0.356 e. The second-order valence-electron chi connectivity index (χ2n) is 8.71. The Morgan fingerprint density at radius 3 is 2.28 bits per heavy atom. The fraction of sp³-hybridized carbons (Fsp3) is 0.345. The van der Waals surface area contributed by atoms with Gasteiger partial charge in [-0.3, -0.25) is 4.98 Å². The van der Waals surface area contributed by atoms with E-state index in [0.29, 0.717) is 5.56 Å². The highest BCUT2D eigenvalue weighted by Gasteiger charge is 2.29. The van der Waals surface area contributed by atoms with Gasteiger partial charge in [0.1, 0.15) is 11.9 Å². The van der Waals surface area contributed by atoms with Gasteiger partial charge in [0.25, 0.3) is 5.92 Å². The van der Waals surface area contributed by atoms with Crippen LogP contribution < -0.4 is 9.80 Å². The molecule has 3 heterocycles. The van der Waals surface area contributed by atoms with Gasteiger partial charge in [0.2, 0.25) is 0 Å². The van der Waals surface area contributed by atoms with Crippen molar-refractivity contribution in [3.63, 3.8) is 0 Å². The first-order chi connectivity index (χ1) is 17.3. The highest BCUT2D eigenvalue weighted by atomic mass is 19.3. The van der Waals surface area contributed by atoms with Gasteiger partial charge in [0.05, 0.1) is 17.4 Å². The number of pyridine rings is 2. The first kappa shape index (κ1) is 26.8. The summed E-state index contributed by atoms with van der Waals surface area (Å²) in [5.41, 5.74) is 4.19. The van der Waals surface area contributed by atoms with E-state index in [1.807, 2.05) is 39.1 Å². The minimum Gasteiger partial charge on any atom is -0.356 e. The summed E-state index contributed by atoms with van der Waals surface area (Å²) in [5, 5.41) is 9.01. The SMILES string of the molecule is C=C(C)c1ccncc1N(c1ccc(C(C)(F)F)cc1)C1CCN(c2ccc(C#N)cn2)CC1.CC. The molecular weight excluding hydrogens is 456 g/mol. The van der Waals surface area contributed by atoms with Crippen molar-refractivity contribution in [3.8, 4) is 6.07 Å². The van der Waals surface area contributed by atoms with Crippen LogP contribution in [0, 0.1) is 11.3 Å². The van der Waals surface area contributed by atoms with Crippen LogP contribution >= 0.6 is 0 Å². The molecule has 7 heteroatoms. The van der Waals surface area contributed by atoms with Crippen molar-refractivity contribution in [1.82, 2.24) is 9.97 Å². The molecule has 0 bridgehead atoms. The summed E-state index contributed by atoms with van der Waals surface area (Å²) in [6.45, 7) is 12.6. The smallest absolute Gasteiger partial charge is 0.270 e. The number of rotatable bonds is 6. The maximum Gasteiger partial charge on any atom is 0.270 e. The van der Waals surface area contributed by atoms with E-state index in [4.69, 9.17) is 5.26 Å². The normalized spacial score (nSPS) is 13.9. The molecule has 2 aromatic heterocycles. The molecular formula is C29H33F2N5. The molecule has 1 aliphatic rings. The molecule has 1 saturated heterocycles. The molecule has 0 radical (unpaired) electrons. The summed E-state index contributed by atoms with van der Waals surface area (Å²) in [6.07, 6.45) is 6.84. The minimum absolute atomic E-state index is 0.00998. The molecule has 0 aliphatic carbocycles. The number of benzene rings is 1. The molecule has 0 unspecified atom stereocenters. The lowest BCUT2D eigenvalue weighted by Gasteiger charge is -2.41. The standard InChI is InChI=1S/C27H27F2N5.C2H6/c1-19(2)24-10-13-31-18-25(24)34(22-7-5-21(6-8-22)27(3,28)29)23-11-14-33(15-12-23)26-9-4-20(16-30)17-32-26;1-2/h4-10,13,17-18,23H,1,11-12,14-15H2,2-3H3;1-2H3. The Morgan fingerprint density at radius 2 is 1.75 bits per heavy atom. The lowest BCUT2D eigenvalue weighted by Crippen LogP contribution is -2.43. The Morgan fingerprint density at radius 1 is 1.08 bits per heavy atom. The second-order valence-corrected chi connectivity index (χ2v) is 8.71. The van der Waals surface area contributed by atoms with Crippen molar-refractivity contribution in [2.75, 3.05) is 22.9 Å². The molecule has 4 rings (SSSR count). The number of aromatic nitrogens is 2. The highest BCUT2D eigenvalue weighted by Crippen LogP contribution is 2.38. The summed E-state index contributed by atoms with van der Waals surface area (Å²) in [4.78, 5) is 13.2. The van der Waals surface area contributed by atoms with Crippen molar-refractivity contribution < 1.29 is 8.78 Å². The van der Waals surface area contributed by atoms with Crippen LogP contribution in [0.25, 0.3) is 5.57 Å².